The molecule has 0 aliphatic heterocycles. The van der Waals surface area contributed by atoms with Gasteiger partial charge in [-0.3, -0.25) is 14.4 Å². The van der Waals surface area contributed by atoms with Crippen LogP contribution in [-0.4, -0.2) is 24.5 Å². The van der Waals surface area contributed by atoms with E-state index in [4.69, 9.17) is 0 Å². The lowest BCUT2D eigenvalue weighted by molar-refractivity contribution is -0.156. The fourth-order valence-electron chi connectivity index (χ4n) is 0.776. The molecule has 0 rings (SSSR count). The van der Waals surface area contributed by atoms with Crippen molar-refractivity contribution in [1.82, 2.24) is 0 Å². The molecule has 86 valence electrons. The molecule has 0 N–H and O–H groups in total. The summed E-state index contributed by atoms with van der Waals surface area (Å²) in [5, 5.41) is 0. The van der Waals surface area contributed by atoms with Gasteiger partial charge in [-0.15, -0.1) is 0 Å². The molecule has 0 aromatic carbocycles. The fraction of sp³-hybridized carbons (Fsp3) is 0.273. The minimum absolute atomic E-state index is 0.0427. The molecular weight excluding hydrogens is 212 g/mol. The minimum atomic E-state index is -1.01. The molecule has 0 spiro atoms. The summed E-state index contributed by atoms with van der Waals surface area (Å²) in [5.41, 5.74) is 0.107. The maximum atomic E-state index is 11.2. The summed E-state index contributed by atoms with van der Waals surface area (Å²) in [5.74, 6) is -1.73. The van der Waals surface area contributed by atoms with Gasteiger partial charge in [0.15, 0.2) is 6.29 Å². The zero-order chi connectivity index (χ0) is 12.6. The molecular formula is C11H12O5. The summed E-state index contributed by atoms with van der Waals surface area (Å²) in [7, 11) is 0. The molecule has 0 unspecified atom stereocenters. The van der Waals surface area contributed by atoms with E-state index in [9.17, 15) is 19.2 Å². The molecule has 16 heavy (non-hydrogen) atoms. The van der Waals surface area contributed by atoms with Gasteiger partial charge in [0, 0.05) is 6.42 Å². The first-order valence-electron chi connectivity index (χ1n) is 4.59. The van der Waals surface area contributed by atoms with Gasteiger partial charge in [0.2, 0.25) is 0 Å². The van der Waals surface area contributed by atoms with Gasteiger partial charge in [-0.1, -0.05) is 6.92 Å². The van der Waals surface area contributed by atoms with E-state index in [0.717, 1.165) is 0 Å². The highest BCUT2D eigenvalue weighted by atomic mass is 16.6. The van der Waals surface area contributed by atoms with E-state index in [1.807, 2.05) is 0 Å². The van der Waals surface area contributed by atoms with Crippen molar-refractivity contribution in [3.8, 4) is 0 Å². The monoisotopic (exact) mass is 224 g/mol. The molecule has 0 bridgehead atoms. The predicted molar refractivity (Wildman–Crippen MR) is 55.4 cm³/mol. The van der Waals surface area contributed by atoms with Gasteiger partial charge in [-0.25, -0.2) is 4.79 Å². The quantitative estimate of drug-likeness (QED) is 0.172. The standard InChI is InChI=1S/C11H12O5/c1-3-10(14)16-11(15)9(7-13)6-8(2)4-5-12/h4-7H,3H2,1-2H3. The second-order valence-corrected chi connectivity index (χ2v) is 2.88. The number of hydrogen-bond acceptors (Lipinski definition) is 5. The molecule has 0 heterocycles. The van der Waals surface area contributed by atoms with Crippen LogP contribution in [0.3, 0.4) is 0 Å². The van der Waals surface area contributed by atoms with Crippen LogP contribution in [0.5, 0.6) is 0 Å². The van der Waals surface area contributed by atoms with Crippen LogP contribution in [0, 0.1) is 0 Å². The number of carbonyl (C=O) groups excluding carboxylic acids is 4. The maximum Gasteiger partial charge on any atom is 0.349 e. The first kappa shape index (κ1) is 14.0. The Hall–Kier alpha value is -2.04. The van der Waals surface area contributed by atoms with Crippen LogP contribution in [0.2, 0.25) is 0 Å². The molecule has 0 aliphatic carbocycles. The SMILES string of the molecule is CCC(=O)OC(=O)C(C=O)=CC(C)=CC=O. The lowest BCUT2D eigenvalue weighted by atomic mass is 10.2. The van der Waals surface area contributed by atoms with Gasteiger partial charge in [-0.2, -0.15) is 0 Å². The molecule has 0 saturated carbocycles. The summed E-state index contributed by atoms with van der Waals surface area (Å²) in [4.78, 5) is 42.7. The highest BCUT2D eigenvalue weighted by molar-refractivity contribution is 6.11. The molecule has 0 amide bonds. The van der Waals surface area contributed by atoms with E-state index in [2.05, 4.69) is 4.74 Å². The zero-order valence-electron chi connectivity index (χ0n) is 9.06. The normalized spacial score (nSPS) is 11.9. The number of esters is 2. The third-order valence-electron chi connectivity index (χ3n) is 1.57. The molecule has 0 radical (unpaired) electrons. The Balaban J connectivity index is 4.80. The summed E-state index contributed by atoms with van der Waals surface area (Å²) >= 11 is 0. The Labute approximate surface area is 92.8 Å². The van der Waals surface area contributed by atoms with E-state index in [-0.39, 0.29) is 18.3 Å². The van der Waals surface area contributed by atoms with Crippen molar-refractivity contribution < 1.29 is 23.9 Å². The summed E-state index contributed by atoms with van der Waals surface area (Å²) in [6, 6.07) is 0. The van der Waals surface area contributed by atoms with Gasteiger partial charge < -0.3 is 4.74 Å². The molecule has 0 aromatic rings. The van der Waals surface area contributed by atoms with Crippen LogP contribution in [-0.2, 0) is 23.9 Å². The van der Waals surface area contributed by atoms with E-state index < -0.39 is 11.9 Å². The van der Waals surface area contributed by atoms with E-state index >= 15 is 0 Å². The van der Waals surface area contributed by atoms with Crippen LogP contribution in [0.25, 0.3) is 0 Å². The fourth-order valence-corrected chi connectivity index (χ4v) is 0.776. The Kier molecular flexibility index (Phi) is 6.35. The first-order valence-corrected chi connectivity index (χ1v) is 4.59. The van der Waals surface area contributed by atoms with Crippen molar-refractivity contribution in [2.24, 2.45) is 0 Å². The highest BCUT2D eigenvalue weighted by Gasteiger charge is 2.13. The minimum Gasteiger partial charge on any atom is -0.389 e. The van der Waals surface area contributed by atoms with Crippen LogP contribution in [0.15, 0.2) is 23.3 Å². The van der Waals surface area contributed by atoms with Crippen molar-refractivity contribution in [1.29, 1.82) is 0 Å². The van der Waals surface area contributed by atoms with E-state index in [0.29, 0.717) is 11.9 Å². The predicted octanol–water partition coefficient (Wildman–Crippen LogP) is 0.737. The third-order valence-corrected chi connectivity index (χ3v) is 1.57. The molecule has 0 atom stereocenters. The molecule has 0 aromatic heterocycles. The van der Waals surface area contributed by atoms with E-state index in [1.54, 1.807) is 0 Å². The number of rotatable bonds is 5. The van der Waals surface area contributed by atoms with Gasteiger partial charge in [0.1, 0.15) is 11.9 Å². The largest absolute Gasteiger partial charge is 0.389 e. The second kappa shape index (κ2) is 7.28. The Morgan fingerprint density at radius 1 is 1.25 bits per heavy atom. The Bertz CT molecular complexity index is 363. The van der Waals surface area contributed by atoms with Gasteiger partial charge in [0.25, 0.3) is 0 Å². The van der Waals surface area contributed by atoms with Crippen molar-refractivity contribution >= 4 is 24.5 Å². The molecule has 0 aliphatic rings. The molecule has 0 fully saturated rings. The lowest BCUT2D eigenvalue weighted by Crippen LogP contribution is -2.14. The number of aldehydes is 2. The van der Waals surface area contributed by atoms with Gasteiger partial charge in [-0.05, 0) is 24.6 Å². The average molecular weight is 224 g/mol. The topological polar surface area (TPSA) is 77.5 Å². The lowest BCUT2D eigenvalue weighted by Gasteiger charge is -2.00. The second-order valence-electron chi connectivity index (χ2n) is 2.88. The first-order chi connectivity index (χ1) is 7.54. The zero-order valence-corrected chi connectivity index (χ0v) is 9.06. The van der Waals surface area contributed by atoms with Crippen molar-refractivity contribution in [3.05, 3.63) is 23.3 Å². The maximum absolute atomic E-state index is 11.2. The Morgan fingerprint density at radius 2 is 1.88 bits per heavy atom. The van der Waals surface area contributed by atoms with Crippen molar-refractivity contribution in [2.75, 3.05) is 0 Å². The summed E-state index contributed by atoms with van der Waals surface area (Å²) < 4.78 is 4.34. The number of carbonyl (C=O) groups is 4. The highest BCUT2D eigenvalue weighted by Crippen LogP contribution is 2.02. The molecule has 5 heteroatoms. The summed E-state index contributed by atoms with van der Waals surface area (Å²) in [6.45, 7) is 3.06. The van der Waals surface area contributed by atoms with Gasteiger partial charge >= 0.3 is 11.9 Å². The van der Waals surface area contributed by atoms with Gasteiger partial charge in [0.05, 0.1) is 0 Å². The van der Waals surface area contributed by atoms with Crippen molar-refractivity contribution in [3.63, 3.8) is 0 Å². The molecule has 5 nitrogen and oxygen atoms in total. The molecule has 0 saturated heterocycles. The van der Waals surface area contributed by atoms with Crippen LogP contribution >= 0.6 is 0 Å². The average Bonchev–Trinajstić information content (AvgIpc) is 2.25. The summed E-state index contributed by atoms with van der Waals surface area (Å²) in [6.07, 6.45) is 3.19. The van der Waals surface area contributed by atoms with Crippen LogP contribution in [0.4, 0.5) is 0 Å². The van der Waals surface area contributed by atoms with Crippen LogP contribution < -0.4 is 0 Å². The van der Waals surface area contributed by atoms with E-state index in [1.165, 1.54) is 26.0 Å². The van der Waals surface area contributed by atoms with Crippen molar-refractivity contribution in [2.45, 2.75) is 20.3 Å². The Morgan fingerprint density at radius 3 is 2.31 bits per heavy atom. The number of hydrogen-bond donors (Lipinski definition) is 0. The van der Waals surface area contributed by atoms with Crippen LogP contribution in [0.1, 0.15) is 20.3 Å². The number of ether oxygens (including phenoxy) is 1. The smallest absolute Gasteiger partial charge is 0.349 e. The number of allylic oxidation sites excluding steroid dienone is 3. The third kappa shape index (κ3) is 4.99.